The van der Waals surface area contributed by atoms with Crippen molar-refractivity contribution in [2.75, 3.05) is 28.7 Å². The Morgan fingerprint density at radius 3 is 2.44 bits per heavy atom. The third kappa shape index (κ3) is 5.80. The van der Waals surface area contributed by atoms with Crippen molar-refractivity contribution in [1.29, 1.82) is 0 Å². The van der Waals surface area contributed by atoms with E-state index in [-0.39, 0.29) is 16.1 Å². The summed E-state index contributed by atoms with van der Waals surface area (Å²) in [6, 6.07) is 6.84. The van der Waals surface area contributed by atoms with E-state index in [2.05, 4.69) is 51.2 Å². The van der Waals surface area contributed by atoms with Crippen molar-refractivity contribution in [2.24, 2.45) is 7.05 Å². The molecule has 3 N–H and O–H groups in total. The summed E-state index contributed by atoms with van der Waals surface area (Å²) in [6.45, 7) is 6.24. The Kier molecular flexibility index (Phi) is 6.51. The molecule has 2 heterocycles. The van der Waals surface area contributed by atoms with Gasteiger partial charge in [-0.1, -0.05) is 32.4 Å². The molecule has 1 aromatic carbocycles. The van der Waals surface area contributed by atoms with E-state index in [0.717, 1.165) is 11.9 Å². The van der Waals surface area contributed by atoms with Crippen LogP contribution in [0.4, 0.5) is 29.0 Å². The lowest BCUT2D eigenvalue weighted by atomic mass is 9.92. The van der Waals surface area contributed by atoms with E-state index in [1.807, 2.05) is 13.1 Å². The molecular formula is C20H26ClN7O3S. The molecule has 0 bridgehead atoms. The molecule has 0 saturated carbocycles. The second-order valence-corrected chi connectivity index (χ2v) is 10.4. The summed E-state index contributed by atoms with van der Waals surface area (Å²) in [5.41, 5.74) is 1.54. The van der Waals surface area contributed by atoms with E-state index in [0.29, 0.717) is 29.0 Å². The highest BCUT2D eigenvalue weighted by molar-refractivity contribution is 7.92. The predicted octanol–water partition coefficient (Wildman–Crippen LogP) is 4.03. The molecule has 0 amide bonds. The van der Waals surface area contributed by atoms with Crippen LogP contribution in [-0.2, 0) is 22.5 Å². The van der Waals surface area contributed by atoms with Crippen molar-refractivity contribution in [3.05, 3.63) is 41.2 Å². The summed E-state index contributed by atoms with van der Waals surface area (Å²) < 4.78 is 32.9. The van der Waals surface area contributed by atoms with Crippen LogP contribution in [0.15, 0.2) is 30.5 Å². The number of nitrogens with one attached hydrogen (secondary N) is 3. The number of benzene rings is 1. The highest BCUT2D eigenvalue weighted by Crippen LogP contribution is 2.33. The molecule has 0 aliphatic carbocycles. The number of halogens is 1. The summed E-state index contributed by atoms with van der Waals surface area (Å²) >= 11 is 6.29. The molecule has 12 heteroatoms. The number of hydrogen-bond donors (Lipinski definition) is 3. The molecule has 3 rings (SSSR count). The fourth-order valence-electron chi connectivity index (χ4n) is 2.75. The van der Waals surface area contributed by atoms with Crippen molar-refractivity contribution >= 4 is 50.6 Å². The van der Waals surface area contributed by atoms with Crippen molar-refractivity contribution in [3.8, 4) is 5.75 Å². The Morgan fingerprint density at radius 2 is 1.84 bits per heavy atom. The van der Waals surface area contributed by atoms with E-state index in [4.69, 9.17) is 16.3 Å². The first kappa shape index (κ1) is 23.6. The molecule has 0 fully saturated rings. The molecule has 0 radical (unpaired) electrons. The van der Waals surface area contributed by atoms with Gasteiger partial charge >= 0.3 is 0 Å². The summed E-state index contributed by atoms with van der Waals surface area (Å²) in [7, 11) is -0.202. The maximum atomic E-state index is 11.8. The van der Waals surface area contributed by atoms with Gasteiger partial charge in [-0.3, -0.25) is 9.40 Å². The van der Waals surface area contributed by atoms with Crippen molar-refractivity contribution in [2.45, 2.75) is 26.2 Å². The molecule has 0 spiro atoms. The van der Waals surface area contributed by atoms with Crippen LogP contribution in [0.1, 0.15) is 26.5 Å². The molecule has 3 aromatic rings. The molecule has 0 aliphatic rings. The third-order valence-corrected chi connectivity index (χ3v) is 5.27. The average molecular weight is 480 g/mol. The Hall–Kier alpha value is -3.05. The summed E-state index contributed by atoms with van der Waals surface area (Å²) in [4.78, 5) is 8.67. The lowest BCUT2D eigenvalue weighted by molar-refractivity contribution is 0.415. The Bertz CT molecular complexity index is 1240. The molecule has 10 nitrogen and oxygen atoms in total. The lowest BCUT2D eigenvalue weighted by Gasteiger charge is -2.15. The number of anilines is 5. The van der Waals surface area contributed by atoms with Crippen LogP contribution in [0.2, 0.25) is 5.02 Å². The van der Waals surface area contributed by atoms with Gasteiger partial charge in [0.2, 0.25) is 16.0 Å². The van der Waals surface area contributed by atoms with Crippen molar-refractivity contribution in [1.82, 2.24) is 19.7 Å². The zero-order chi connectivity index (χ0) is 23.7. The maximum Gasteiger partial charge on any atom is 0.230 e. The summed E-state index contributed by atoms with van der Waals surface area (Å²) in [5.74, 6) is 1.80. The fourth-order valence-corrected chi connectivity index (χ4v) is 3.46. The van der Waals surface area contributed by atoms with Gasteiger partial charge in [-0.15, -0.1) is 0 Å². The standard InChI is InChI=1S/C20H26ClN7O3S/c1-20(2,3)16-10-17(28(4)26-16)24-19-22-11-13(21)18(25-19)23-14-8-7-12(31-5)9-15(14)27-32(6,29)30/h7-11,27H,1-6H3,(H2,22,23,24,25). The summed E-state index contributed by atoms with van der Waals surface area (Å²) in [5, 5.41) is 11.0. The van der Waals surface area contributed by atoms with Gasteiger partial charge in [-0.25, -0.2) is 13.4 Å². The number of nitrogens with zero attached hydrogens (tertiary/aromatic N) is 4. The highest BCUT2D eigenvalue weighted by atomic mass is 35.5. The van der Waals surface area contributed by atoms with Crippen LogP contribution >= 0.6 is 11.6 Å². The Balaban J connectivity index is 1.91. The van der Waals surface area contributed by atoms with Crippen LogP contribution < -0.4 is 20.1 Å². The largest absolute Gasteiger partial charge is 0.497 e. The second-order valence-electron chi connectivity index (χ2n) is 8.21. The molecule has 2 aromatic heterocycles. The zero-order valence-electron chi connectivity index (χ0n) is 18.7. The monoisotopic (exact) mass is 479 g/mol. The van der Waals surface area contributed by atoms with Gasteiger partial charge in [0, 0.05) is 24.6 Å². The average Bonchev–Trinajstić information content (AvgIpc) is 3.05. The number of hydrogen-bond acceptors (Lipinski definition) is 8. The van der Waals surface area contributed by atoms with E-state index >= 15 is 0 Å². The van der Waals surface area contributed by atoms with E-state index in [1.165, 1.54) is 13.3 Å². The van der Waals surface area contributed by atoms with Gasteiger partial charge in [-0.05, 0) is 12.1 Å². The minimum absolute atomic E-state index is 0.108. The fraction of sp³-hybridized carbons (Fsp3) is 0.350. The van der Waals surface area contributed by atoms with Gasteiger partial charge in [0.1, 0.15) is 16.6 Å². The first-order chi connectivity index (χ1) is 14.9. The van der Waals surface area contributed by atoms with Crippen molar-refractivity contribution < 1.29 is 13.2 Å². The quantitative estimate of drug-likeness (QED) is 0.464. The van der Waals surface area contributed by atoms with Gasteiger partial charge in [-0.2, -0.15) is 10.1 Å². The number of aromatic nitrogens is 4. The van der Waals surface area contributed by atoms with Gasteiger partial charge in [0.05, 0.1) is 36.6 Å². The molecule has 172 valence electrons. The Labute approximate surface area is 192 Å². The third-order valence-electron chi connectivity index (χ3n) is 4.41. The summed E-state index contributed by atoms with van der Waals surface area (Å²) in [6.07, 6.45) is 2.52. The van der Waals surface area contributed by atoms with Crippen LogP contribution in [0.3, 0.4) is 0 Å². The first-order valence-electron chi connectivity index (χ1n) is 9.62. The minimum Gasteiger partial charge on any atom is -0.497 e. The SMILES string of the molecule is COc1ccc(Nc2nc(Nc3cc(C(C)(C)C)nn3C)ncc2Cl)c(NS(C)(=O)=O)c1. The first-order valence-corrected chi connectivity index (χ1v) is 11.9. The number of rotatable bonds is 7. The number of methoxy groups -OCH3 is 1. The smallest absolute Gasteiger partial charge is 0.230 e. The zero-order valence-corrected chi connectivity index (χ0v) is 20.3. The van der Waals surface area contributed by atoms with E-state index < -0.39 is 10.0 Å². The van der Waals surface area contributed by atoms with Crippen LogP contribution in [0.25, 0.3) is 0 Å². The molecular weight excluding hydrogens is 454 g/mol. The molecule has 0 atom stereocenters. The molecule has 0 saturated heterocycles. The topological polar surface area (TPSA) is 123 Å². The van der Waals surface area contributed by atoms with Gasteiger partial charge in [0.15, 0.2) is 5.82 Å². The van der Waals surface area contributed by atoms with Crippen LogP contribution in [0, 0.1) is 0 Å². The van der Waals surface area contributed by atoms with Crippen molar-refractivity contribution in [3.63, 3.8) is 0 Å². The number of ether oxygens (including phenoxy) is 1. The number of aryl methyl sites for hydroxylation is 1. The maximum absolute atomic E-state index is 11.8. The predicted molar refractivity (Wildman–Crippen MR) is 127 cm³/mol. The second kappa shape index (κ2) is 8.83. The highest BCUT2D eigenvalue weighted by Gasteiger charge is 2.19. The number of sulfonamides is 1. The van der Waals surface area contributed by atoms with Crippen LogP contribution in [-0.4, -0.2) is 41.5 Å². The molecule has 0 aliphatic heterocycles. The molecule has 0 unspecified atom stereocenters. The van der Waals surface area contributed by atoms with E-state index in [1.54, 1.807) is 22.9 Å². The minimum atomic E-state index is -3.52. The van der Waals surface area contributed by atoms with Gasteiger partial charge in [0.25, 0.3) is 0 Å². The lowest BCUT2D eigenvalue weighted by Crippen LogP contribution is -2.12. The molecule has 32 heavy (non-hydrogen) atoms. The van der Waals surface area contributed by atoms with E-state index in [9.17, 15) is 8.42 Å². The Morgan fingerprint density at radius 1 is 1.12 bits per heavy atom. The normalized spacial score (nSPS) is 11.8. The van der Waals surface area contributed by atoms with Gasteiger partial charge < -0.3 is 15.4 Å². The van der Waals surface area contributed by atoms with Crippen LogP contribution in [0.5, 0.6) is 5.75 Å².